The Labute approximate surface area is 188 Å². The highest BCUT2D eigenvalue weighted by Crippen LogP contribution is 2.33. The highest BCUT2D eigenvalue weighted by molar-refractivity contribution is 7.92. The number of amides is 1. The molecule has 2 aliphatic rings. The lowest BCUT2D eigenvalue weighted by Gasteiger charge is -2.34. The predicted molar refractivity (Wildman–Crippen MR) is 121 cm³/mol. The topological polar surface area (TPSA) is 75.7 Å². The van der Waals surface area contributed by atoms with Gasteiger partial charge in [-0.1, -0.05) is 32.3 Å². The van der Waals surface area contributed by atoms with E-state index in [0.29, 0.717) is 30.0 Å². The summed E-state index contributed by atoms with van der Waals surface area (Å²) in [5, 5.41) is 0. The van der Waals surface area contributed by atoms with Crippen LogP contribution in [0.25, 0.3) is 0 Å². The summed E-state index contributed by atoms with van der Waals surface area (Å²) in [5.41, 5.74) is 1.48. The van der Waals surface area contributed by atoms with Gasteiger partial charge >= 0.3 is 0 Å². The smallest absolute Gasteiger partial charge is 0.264 e. The lowest BCUT2D eigenvalue weighted by Crippen LogP contribution is -2.45. The van der Waals surface area contributed by atoms with E-state index in [0.717, 1.165) is 37.3 Å². The maximum absolute atomic E-state index is 13.9. The summed E-state index contributed by atoms with van der Waals surface area (Å²) in [6, 6.07) is 9.02. The summed E-state index contributed by atoms with van der Waals surface area (Å²) < 4.78 is 48.0. The van der Waals surface area contributed by atoms with Crippen LogP contribution in [0.4, 0.5) is 10.1 Å². The second-order valence-corrected chi connectivity index (χ2v) is 10.3. The minimum atomic E-state index is -3.96. The largest absolute Gasteiger partial charge is 0.480 e. The molecule has 0 spiro atoms. The summed E-state index contributed by atoms with van der Waals surface area (Å²) in [6.45, 7) is 3.88. The van der Waals surface area contributed by atoms with Crippen molar-refractivity contribution in [3.63, 3.8) is 0 Å². The summed E-state index contributed by atoms with van der Waals surface area (Å²) >= 11 is 0. The first kappa shape index (κ1) is 22.6. The molecule has 1 heterocycles. The van der Waals surface area contributed by atoms with Crippen molar-refractivity contribution in [2.24, 2.45) is 0 Å². The monoisotopic (exact) mass is 460 g/mol. The fourth-order valence-electron chi connectivity index (χ4n) is 4.45. The fourth-order valence-corrected chi connectivity index (χ4v) is 5.51. The van der Waals surface area contributed by atoms with Crippen LogP contribution in [0, 0.1) is 12.7 Å². The van der Waals surface area contributed by atoms with E-state index < -0.39 is 21.9 Å². The molecule has 1 aliphatic heterocycles. The van der Waals surface area contributed by atoms with Crippen LogP contribution in [-0.4, -0.2) is 31.4 Å². The predicted octanol–water partition coefficient (Wildman–Crippen LogP) is 4.77. The molecule has 32 heavy (non-hydrogen) atoms. The van der Waals surface area contributed by atoms with Crippen LogP contribution in [-0.2, 0) is 21.4 Å². The van der Waals surface area contributed by atoms with Gasteiger partial charge in [0.15, 0.2) is 6.10 Å². The van der Waals surface area contributed by atoms with Gasteiger partial charge < -0.3 is 9.64 Å². The van der Waals surface area contributed by atoms with Crippen LogP contribution in [0.1, 0.15) is 56.6 Å². The number of benzene rings is 2. The number of fused-ring (bicyclic) bond motifs is 1. The first-order valence-corrected chi connectivity index (χ1v) is 12.7. The van der Waals surface area contributed by atoms with Gasteiger partial charge in [0.1, 0.15) is 11.6 Å². The average Bonchev–Trinajstić information content (AvgIpc) is 2.92. The number of anilines is 1. The molecule has 1 saturated carbocycles. The van der Waals surface area contributed by atoms with E-state index in [9.17, 15) is 17.6 Å². The first-order valence-electron chi connectivity index (χ1n) is 11.2. The van der Waals surface area contributed by atoms with Gasteiger partial charge in [-0.2, -0.15) is 0 Å². The number of halogens is 1. The summed E-state index contributed by atoms with van der Waals surface area (Å²) in [6.07, 6.45) is 5.36. The van der Waals surface area contributed by atoms with Crippen LogP contribution in [0.5, 0.6) is 5.75 Å². The standard InChI is InChI=1S/C24H29FN2O4S/c1-3-22-24(28)27(19-7-5-4-6-8-19)15-17-13-18(10-12-23(17)31-22)26-32(29,30)20-11-9-16(2)21(25)14-20/h9-14,19,22,26H,3-8,15H2,1-2H3/t22-/m1/s1. The zero-order valence-corrected chi connectivity index (χ0v) is 19.3. The number of aryl methyl sites for hydroxylation is 1. The van der Waals surface area contributed by atoms with E-state index >= 15 is 0 Å². The second-order valence-electron chi connectivity index (χ2n) is 8.61. The van der Waals surface area contributed by atoms with Crippen molar-refractivity contribution >= 4 is 21.6 Å². The minimum Gasteiger partial charge on any atom is -0.480 e. The zero-order chi connectivity index (χ0) is 22.9. The van der Waals surface area contributed by atoms with Crippen molar-refractivity contribution in [1.82, 2.24) is 4.90 Å². The van der Waals surface area contributed by atoms with E-state index in [-0.39, 0.29) is 16.8 Å². The molecule has 0 unspecified atom stereocenters. The molecular formula is C24H29FN2O4S. The molecule has 0 radical (unpaired) electrons. The number of sulfonamides is 1. The number of carbonyl (C=O) groups excluding carboxylic acids is 1. The maximum Gasteiger partial charge on any atom is 0.264 e. The second kappa shape index (κ2) is 9.10. The Bertz CT molecular complexity index is 1110. The molecule has 1 fully saturated rings. The van der Waals surface area contributed by atoms with Crippen molar-refractivity contribution in [3.05, 3.63) is 53.3 Å². The van der Waals surface area contributed by atoms with E-state index in [1.807, 2.05) is 11.8 Å². The Morgan fingerprint density at radius 2 is 1.88 bits per heavy atom. The molecule has 1 atom stereocenters. The number of hydrogen-bond acceptors (Lipinski definition) is 4. The van der Waals surface area contributed by atoms with Gasteiger partial charge in [-0.15, -0.1) is 0 Å². The maximum atomic E-state index is 13.9. The van der Waals surface area contributed by atoms with Crippen LogP contribution in [0.2, 0.25) is 0 Å². The molecule has 0 bridgehead atoms. The van der Waals surface area contributed by atoms with E-state index in [2.05, 4.69) is 4.72 Å². The van der Waals surface area contributed by atoms with E-state index in [1.165, 1.54) is 18.6 Å². The van der Waals surface area contributed by atoms with Crippen molar-refractivity contribution < 1.29 is 22.3 Å². The highest BCUT2D eigenvalue weighted by atomic mass is 32.2. The number of carbonyl (C=O) groups is 1. The van der Waals surface area contributed by atoms with Gasteiger partial charge in [0.05, 0.1) is 4.90 Å². The van der Waals surface area contributed by atoms with Gasteiger partial charge in [-0.3, -0.25) is 9.52 Å². The Balaban J connectivity index is 1.63. The molecule has 0 saturated heterocycles. The Morgan fingerprint density at radius 1 is 1.12 bits per heavy atom. The first-order chi connectivity index (χ1) is 15.3. The number of rotatable bonds is 5. The van der Waals surface area contributed by atoms with Gasteiger partial charge in [-0.05, 0) is 62.1 Å². The molecule has 1 amide bonds. The molecule has 172 valence electrons. The zero-order valence-electron chi connectivity index (χ0n) is 18.4. The highest BCUT2D eigenvalue weighted by Gasteiger charge is 2.34. The lowest BCUT2D eigenvalue weighted by molar-refractivity contribution is -0.141. The van der Waals surface area contributed by atoms with Crippen molar-refractivity contribution in [3.8, 4) is 5.75 Å². The molecule has 2 aromatic rings. The SMILES string of the molecule is CC[C@H]1Oc2ccc(NS(=O)(=O)c3ccc(C)c(F)c3)cc2CN(C2CCCCC2)C1=O. The third-order valence-electron chi connectivity index (χ3n) is 6.32. The number of nitrogens with one attached hydrogen (secondary N) is 1. The Hall–Kier alpha value is -2.61. The lowest BCUT2D eigenvalue weighted by atomic mass is 9.93. The van der Waals surface area contributed by atoms with Gasteiger partial charge in [0.2, 0.25) is 0 Å². The summed E-state index contributed by atoms with van der Waals surface area (Å²) in [7, 11) is -3.96. The van der Waals surface area contributed by atoms with Gasteiger partial charge in [-0.25, -0.2) is 12.8 Å². The molecule has 1 aliphatic carbocycles. The Kier molecular flexibility index (Phi) is 6.42. The molecule has 1 N–H and O–H groups in total. The average molecular weight is 461 g/mol. The molecule has 8 heteroatoms. The molecular weight excluding hydrogens is 431 g/mol. The number of nitrogens with zero attached hydrogens (tertiary/aromatic N) is 1. The van der Waals surface area contributed by atoms with Crippen molar-refractivity contribution in [2.75, 3.05) is 4.72 Å². The van der Waals surface area contributed by atoms with E-state index in [1.54, 1.807) is 25.1 Å². The van der Waals surface area contributed by atoms with Crippen molar-refractivity contribution in [2.45, 2.75) is 76.0 Å². The normalized spacial score (nSPS) is 19.8. The number of hydrogen-bond donors (Lipinski definition) is 1. The quantitative estimate of drug-likeness (QED) is 0.698. The van der Waals surface area contributed by atoms with Crippen molar-refractivity contribution in [1.29, 1.82) is 0 Å². The minimum absolute atomic E-state index is 0.00661. The van der Waals surface area contributed by atoms with Crippen LogP contribution >= 0.6 is 0 Å². The van der Waals surface area contributed by atoms with Crippen LogP contribution < -0.4 is 9.46 Å². The molecule has 2 aromatic carbocycles. The van der Waals surface area contributed by atoms with Crippen LogP contribution in [0.3, 0.4) is 0 Å². The molecule has 6 nitrogen and oxygen atoms in total. The summed E-state index contributed by atoms with van der Waals surface area (Å²) in [5.74, 6) is 0.0103. The third kappa shape index (κ3) is 4.60. The molecule has 4 rings (SSSR count). The number of ether oxygens (including phenoxy) is 1. The summed E-state index contributed by atoms with van der Waals surface area (Å²) in [4.78, 5) is 14.9. The Morgan fingerprint density at radius 3 is 2.56 bits per heavy atom. The van der Waals surface area contributed by atoms with Crippen LogP contribution in [0.15, 0.2) is 41.3 Å². The van der Waals surface area contributed by atoms with Gasteiger partial charge in [0.25, 0.3) is 15.9 Å². The molecule has 0 aromatic heterocycles. The van der Waals surface area contributed by atoms with Gasteiger partial charge in [0, 0.05) is 23.8 Å². The fraction of sp³-hybridized carbons (Fsp3) is 0.458. The van der Waals surface area contributed by atoms with E-state index in [4.69, 9.17) is 4.74 Å². The third-order valence-corrected chi connectivity index (χ3v) is 7.70.